The predicted octanol–water partition coefficient (Wildman–Crippen LogP) is -0.827. The topological polar surface area (TPSA) is 160 Å². The van der Waals surface area contributed by atoms with Gasteiger partial charge in [0.25, 0.3) is 5.56 Å². The fourth-order valence-corrected chi connectivity index (χ4v) is 2.59. The van der Waals surface area contributed by atoms with Crippen LogP contribution in [0, 0.1) is 0 Å². The molecule has 10 nitrogen and oxygen atoms in total. The van der Waals surface area contributed by atoms with Crippen LogP contribution in [-0.2, 0) is 4.74 Å². The highest BCUT2D eigenvalue weighted by Crippen LogP contribution is 2.33. The number of aliphatic hydroxyl groups is 3. The molecule has 23 heavy (non-hydrogen) atoms. The Morgan fingerprint density at radius 1 is 1.52 bits per heavy atom. The molecule has 0 bridgehead atoms. The van der Waals surface area contributed by atoms with Gasteiger partial charge in [-0.15, -0.1) is 0 Å². The third-order valence-electron chi connectivity index (χ3n) is 3.67. The highest BCUT2D eigenvalue weighted by molar-refractivity contribution is 5.70. The Bertz CT molecular complexity index is 813. The van der Waals surface area contributed by atoms with Gasteiger partial charge < -0.3 is 25.8 Å². The molecule has 4 atom stereocenters. The van der Waals surface area contributed by atoms with Crippen LogP contribution in [0.25, 0.3) is 11.2 Å². The molecule has 2 aromatic rings. The van der Waals surface area contributed by atoms with E-state index in [1.54, 1.807) is 0 Å². The molecule has 0 amide bonds. The lowest BCUT2D eigenvalue weighted by molar-refractivity contribution is -0.0342. The van der Waals surface area contributed by atoms with Gasteiger partial charge in [-0.1, -0.05) is 6.92 Å². The SMILES string of the molecule is CCC=C(O)[C@H]1O[C@@H](n2cnc3c(=O)[nH]c(N)nc32)[C@H](O)[C@@H]1O. The minimum Gasteiger partial charge on any atom is -0.510 e. The van der Waals surface area contributed by atoms with E-state index in [0.29, 0.717) is 6.42 Å². The number of nitrogens with one attached hydrogen (secondary N) is 1. The Balaban J connectivity index is 2.03. The molecule has 10 heteroatoms. The number of anilines is 1. The molecule has 0 spiro atoms. The number of rotatable bonds is 3. The quantitative estimate of drug-likeness (QED) is 0.458. The van der Waals surface area contributed by atoms with Gasteiger partial charge in [0, 0.05) is 0 Å². The number of imidazole rings is 1. The lowest BCUT2D eigenvalue weighted by Crippen LogP contribution is -2.32. The van der Waals surface area contributed by atoms with Crippen LogP contribution in [0.5, 0.6) is 0 Å². The Morgan fingerprint density at radius 2 is 2.26 bits per heavy atom. The average Bonchev–Trinajstić information content (AvgIpc) is 3.02. The number of ether oxygens (including phenoxy) is 1. The third-order valence-corrected chi connectivity index (χ3v) is 3.67. The summed E-state index contributed by atoms with van der Waals surface area (Å²) in [6.07, 6.45) is -1.54. The molecule has 0 aromatic carbocycles. The Morgan fingerprint density at radius 3 is 2.96 bits per heavy atom. The largest absolute Gasteiger partial charge is 0.510 e. The zero-order valence-corrected chi connectivity index (χ0v) is 12.2. The second-order valence-corrected chi connectivity index (χ2v) is 5.24. The van der Waals surface area contributed by atoms with Crippen LogP contribution in [0.4, 0.5) is 5.95 Å². The molecule has 2 aromatic heterocycles. The molecule has 124 valence electrons. The lowest BCUT2D eigenvalue weighted by atomic mass is 10.1. The predicted molar refractivity (Wildman–Crippen MR) is 79.5 cm³/mol. The normalized spacial score (nSPS) is 28.6. The van der Waals surface area contributed by atoms with Gasteiger partial charge in [0.1, 0.15) is 24.1 Å². The van der Waals surface area contributed by atoms with Crippen LogP contribution < -0.4 is 11.3 Å². The second-order valence-electron chi connectivity index (χ2n) is 5.24. The summed E-state index contributed by atoms with van der Waals surface area (Å²) in [5, 5.41) is 30.2. The van der Waals surface area contributed by atoms with Crippen LogP contribution in [0.2, 0.25) is 0 Å². The summed E-state index contributed by atoms with van der Waals surface area (Å²) in [7, 11) is 0. The molecule has 3 rings (SSSR count). The zero-order chi connectivity index (χ0) is 16.7. The summed E-state index contributed by atoms with van der Waals surface area (Å²) in [6.45, 7) is 1.81. The van der Waals surface area contributed by atoms with Gasteiger partial charge in [-0.05, 0) is 12.5 Å². The zero-order valence-electron chi connectivity index (χ0n) is 12.2. The molecule has 3 heterocycles. The summed E-state index contributed by atoms with van der Waals surface area (Å²) in [6, 6.07) is 0. The smallest absolute Gasteiger partial charge is 0.280 e. The van der Waals surface area contributed by atoms with E-state index >= 15 is 0 Å². The first kappa shape index (κ1) is 15.5. The number of aromatic nitrogens is 4. The van der Waals surface area contributed by atoms with E-state index in [2.05, 4.69) is 15.0 Å². The number of allylic oxidation sites excluding steroid dienone is 1. The molecule has 0 radical (unpaired) electrons. The molecule has 1 aliphatic rings. The minimum absolute atomic E-state index is 0.0289. The number of hydrogen-bond donors (Lipinski definition) is 5. The summed E-state index contributed by atoms with van der Waals surface area (Å²) in [5.41, 5.74) is 5.14. The van der Waals surface area contributed by atoms with Crippen molar-refractivity contribution in [3.05, 3.63) is 28.5 Å². The van der Waals surface area contributed by atoms with Gasteiger partial charge in [-0.25, -0.2) is 4.98 Å². The number of H-pyrrole nitrogens is 1. The van der Waals surface area contributed by atoms with Crippen LogP contribution in [-0.4, -0.2) is 53.2 Å². The van der Waals surface area contributed by atoms with Crippen LogP contribution >= 0.6 is 0 Å². The summed E-state index contributed by atoms with van der Waals surface area (Å²) in [5.74, 6) is -0.279. The van der Waals surface area contributed by atoms with E-state index in [1.165, 1.54) is 17.0 Å². The van der Waals surface area contributed by atoms with Crippen molar-refractivity contribution in [3.63, 3.8) is 0 Å². The van der Waals surface area contributed by atoms with E-state index in [0.717, 1.165) is 0 Å². The summed E-state index contributed by atoms with van der Waals surface area (Å²) >= 11 is 0. The minimum atomic E-state index is -1.34. The first-order chi connectivity index (χ1) is 10.9. The average molecular weight is 323 g/mol. The van der Waals surface area contributed by atoms with Gasteiger partial charge in [-0.2, -0.15) is 4.98 Å². The number of nitrogens with two attached hydrogens (primary N) is 1. The maximum absolute atomic E-state index is 11.8. The number of fused-ring (bicyclic) bond motifs is 1. The fourth-order valence-electron chi connectivity index (χ4n) is 2.59. The molecule has 0 saturated carbocycles. The van der Waals surface area contributed by atoms with Gasteiger partial charge in [0.15, 0.2) is 17.4 Å². The Labute approximate surface area is 129 Å². The molecular weight excluding hydrogens is 306 g/mol. The third kappa shape index (κ3) is 2.46. The lowest BCUT2D eigenvalue weighted by Gasteiger charge is -2.16. The summed E-state index contributed by atoms with van der Waals surface area (Å²) in [4.78, 5) is 22.0. The van der Waals surface area contributed by atoms with Crippen molar-refractivity contribution in [1.29, 1.82) is 0 Å². The number of nitrogen functional groups attached to an aromatic ring is 1. The number of aliphatic hydroxyl groups excluding tert-OH is 3. The van der Waals surface area contributed by atoms with Gasteiger partial charge >= 0.3 is 0 Å². The van der Waals surface area contributed by atoms with Gasteiger partial charge in [0.2, 0.25) is 5.95 Å². The van der Waals surface area contributed by atoms with Crippen LogP contribution in [0.1, 0.15) is 19.6 Å². The molecule has 0 aliphatic carbocycles. The molecule has 1 fully saturated rings. The Hall–Kier alpha value is -2.43. The highest BCUT2D eigenvalue weighted by atomic mass is 16.6. The highest BCUT2D eigenvalue weighted by Gasteiger charge is 2.46. The number of hydrogen-bond acceptors (Lipinski definition) is 8. The molecule has 0 unspecified atom stereocenters. The number of aromatic amines is 1. The van der Waals surface area contributed by atoms with Crippen LogP contribution in [0.3, 0.4) is 0 Å². The first-order valence-corrected chi connectivity index (χ1v) is 7.07. The van der Waals surface area contributed by atoms with E-state index in [4.69, 9.17) is 10.5 Å². The molecule has 6 N–H and O–H groups in total. The van der Waals surface area contributed by atoms with E-state index in [-0.39, 0.29) is 22.9 Å². The van der Waals surface area contributed by atoms with Crippen molar-refractivity contribution in [2.24, 2.45) is 0 Å². The Kier molecular flexibility index (Phi) is 3.80. The second kappa shape index (κ2) is 5.65. The van der Waals surface area contributed by atoms with Crippen molar-refractivity contribution in [3.8, 4) is 0 Å². The van der Waals surface area contributed by atoms with Crippen LogP contribution in [0.15, 0.2) is 23.0 Å². The van der Waals surface area contributed by atoms with Gasteiger partial charge in [-0.3, -0.25) is 14.3 Å². The maximum atomic E-state index is 11.8. The first-order valence-electron chi connectivity index (χ1n) is 7.07. The number of nitrogens with zero attached hydrogens (tertiary/aromatic N) is 3. The van der Waals surface area contributed by atoms with E-state index < -0.39 is 30.1 Å². The summed E-state index contributed by atoms with van der Waals surface area (Å²) < 4.78 is 6.84. The van der Waals surface area contributed by atoms with Crippen molar-refractivity contribution in [2.75, 3.05) is 5.73 Å². The fraction of sp³-hybridized carbons (Fsp3) is 0.462. The van der Waals surface area contributed by atoms with Crippen molar-refractivity contribution >= 4 is 17.1 Å². The van der Waals surface area contributed by atoms with E-state index in [1.807, 2.05) is 6.92 Å². The van der Waals surface area contributed by atoms with Gasteiger partial charge in [0.05, 0.1) is 6.33 Å². The monoisotopic (exact) mass is 323 g/mol. The molecular formula is C13H17N5O5. The van der Waals surface area contributed by atoms with Crippen molar-refractivity contribution in [2.45, 2.75) is 37.9 Å². The van der Waals surface area contributed by atoms with E-state index in [9.17, 15) is 20.1 Å². The standard InChI is InChI=1S/C13H17N5O5/c1-2-3-5(19)9-7(20)8(21)12(23-9)18-4-15-6-10(18)16-13(14)17-11(6)22/h3-4,7-9,12,19-21H,2H2,1H3,(H3,14,16,17,22)/t7-,8+,9+,12+/m0/s1. The maximum Gasteiger partial charge on any atom is 0.280 e. The molecule has 1 aliphatic heterocycles. The molecule has 1 saturated heterocycles. The van der Waals surface area contributed by atoms with Crippen molar-refractivity contribution in [1.82, 2.24) is 19.5 Å². The van der Waals surface area contributed by atoms with Crippen molar-refractivity contribution < 1.29 is 20.1 Å².